The molecule has 0 bridgehead atoms. The molecule has 4 atom stereocenters. The van der Waals surface area contributed by atoms with Gasteiger partial charge in [0.1, 0.15) is 6.23 Å². The van der Waals surface area contributed by atoms with Crippen molar-refractivity contribution >= 4 is 0 Å². The maximum Gasteiger partial charge on any atom is 0.134 e. The smallest absolute Gasteiger partial charge is 0.134 e. The first kappa shape index (κ1) is 16.1. The van der Waals surface area contributed by atoms with Gasteiger partial charge in [-0.05, 0) is 63.9 Å². The van der Waals surface area contributed by atoms with E-state index in [0.29, 0.717) is 24.5 Å². The lowest BCUT2D eigenvalue weighted by Crippen LogP contribution is -2.65. The summed E-state index contributed by atoms with van der Waals surface area (Å²) in [4.78, 5) is 2.46. The highest BCUT2D eigenvalue weighted by molar-refractivity contribution is 5.17. The van der Waals surface area contributed by atoms with Crippen molar-refractivity contribution in [3.63, 3.8) is 0 Å². The molecule has 0 aromatic carbocycles. The van der Waals surface area contributed by atoms with Crippen LogP contribution in [0, 0.1) is 24.2 Å². The van der Waals surface area contributed by atoms with Crippen LogP contribution in [0.2, 0.25) is 0 Å². The molecule has 1 saturated heterocycles. The molecule has 0 aromatic rings. The molecular weight excluding hydrogens is 270 g/mol. The van der Waals surface area contributed by atoms with E-state index >= 15 is 0 Å². The molecule has 1 aliphatic heterocycles. The second-order valence-corrected chi connectivity index (χ2v) is 7.98. The number of ether oxygens (including phenoxy) is 1. The molecule has 0 amide bonds. The SMILES string of the molecule is C#CCN1C(C2=CCCCC2)OC2C(C)CCCC2C1(C)C. The second kappa shape index (κ2) is 6.38. The molecule has 0 N–H and O–H groups in total. The van der Waals surface area contributed by atoms with Gasteiger partial charge in [-0.1, -0.05) is 25.3 Å². The molecule has 0 aromatic heterocycles. The Hall–Kier alpha value is -0.780. The minimum absolute atomic E-state index is 0.105. The lowest BCUT2D eigenvalue weighted by atomic mass is 9.68. The Bertz CT molecular complexity index is 473. The number of hydrogen-bond acceptors (Lipinski definition) is 2. The first-order chi connectivity index (χ1) is 10.6. The summed E-state index contributed by atoms with van der Waals surface area (Å²) >= 11 is 0. The van der Waals surface area contributed by atoms with Gasteiger partial charge in [-0.2, -0.15) is 0 Å². The summed E-state index contributed by atoms with van der Waals surface area (Å²) in [5.74, 6) is 4.15. The Balaban J connectivity index is 1.93. The Kier molecular flexibility index (Phi) is 4.67. The van der Waals surface area contributed by atoms with E-state index in [0.717, 1.165) is 0 Å². The van der Waals surface area contributed by atoms with Crippen LogP contribution in [-0.4, -0.2) is 29.3 Å². The zero-order valence-corrected chi connectivity index (χ0v) is 14.5. The summed E-state index contributed by atoms with van der Waals surface area (Å²) in [7, 11) is 0. The van der Waals surface area contributed by atoms with Crippen LogP contribution in [0.15, 0.2) is 11.6 Å². The molecule has 4 unspecified atom stereocenters. The summed E-state index contributed by atoms with van der Waals surface area (Å²) < 4.78 is 6.70. The van der Waals surface area contributed by atoms with Crippen LogP contribution in [0.5, 0.6) is 0 Å². The van der Waals surface area contributed by atoms with Gasteiger partial charge in [0, 0.05) is 11.5 Å². The molecule has 2 heteroatoms. The molecule has 3 aliphatic rings. The summed E-state index contributed by atoms with van der Waals surface area (Å²) in [6.07, 6.45) is 17.5. The normalized spacial score (nSPS) is 38.7. The third kappa shape index (κ3) is 2.74. The molecule has 2 nitrogen and oxygen atoms in total. The van der Waals surface area contributed by atoms with Crippen LogP contribution in [0.25, 0.3) is 0 Å². The number of fused-ring (bicyclic) bond motifs is 1. The van der Waals surface area contributed by atoms with Crippen molar-refractivity contribution in [2.75, 3.05) is 6.54 Å². The fourth-order valence-electron chi connectivity index (χ4n) is 4.87. The van der Waals surface area contributed by atoms with Crippen molar-refractivity contribution in [1.29, 1.82) is 0 Å². The Morgan fingerprint density at radius 1 is 1.32 bits per heavy atom. The Morgan fingerprint density at radius 2 is 2.14 bits per heavy atom. The number of terminal acetylenes is 1. The summed E-state index contributed by atoms with van der Waals surface area (Å²) in [6, 6.07) is 0. The number of allylic oxidation sites excluding steroid dienone is 1. The van der Waals surface area contributed by atoms with Crippen LogP contribution >= 0.6 is 0 Å². The second-order valence-electron chi connectivity index (χ2n) is 7.98. The predicted octanol–water partition coefficient (Wildman–Crippen LogP) is 4.36. The standard InChI is InChI=1S/C20H31NO/c1-5-14-21-19(16-11-7-6-8-12-16)22-18-15(2)10-9-13-17(18)20(21,3)4/h1,11,15,17-19H,6-10,12-14H2,2-4H3. The average Bonchev–Trinajstić information content (AvgIpc) is 2.52. The summed E-state index contributed by atoms with van der Waals surface area (Å²) in [5, 5.41) is 0. The highest BCUT2D eigenvalue weighted by Crippen LogP contribution is 2.47. The van der Waals surface area contributed by atoms with E-state index < -0.39 is 0 Å². The van der Waals surface area contributed by atoms with Crippen molar-refractivity contribution in [3.05, 3.63) is 11.6 Å². The molecule has 0 spiro atoms. The van der Waals surface area contributed by atoms with Crippen LogP contribution in [0.3, 0.4) is 0 Å². The van der Waals surface area contributed by atoms with E-state index in [4.69, 9.17) is 11.2 Å². The van der Waals surface area contributed by atoms with Gasteiger partial charge in [0.15, 0.2) is 0 Å². The average molecular weight is 301 g/mol. The molecule has 1 saturated carbocycles. The third-order valence-electron chi connectivity index (χ3n) is 6.25. The van der Waals surface area contributed by atoms with Gasteiger partial charge in [0.25, 0.3) is 0 Å². The molecule has 2 aliphatic carbocycles. The van der Waals surface area contributed by atoms with Crippen molar-refractivity contribution in [2.45, 2.75) is 83.6 Å². The van der Waals surface area contributed by atoms with Crippen molar-refractivity contribution < 1.29 is 4.74 Å². The Labute approximate surface area is 136 Å². The molecule has 22 heavy (non-hydrogen) atoms. The third-order valence-corrected chi connectivity index (χ3v) is 6.25. The van der Waals surface area contributed by atoms with E-state index in [1.165, 1.54) is 50.5 Å². The van der Waals surface area contributed by atoms with Crippen molar-refractivity contribution in [2.24, 2.45) is 11.8 Å². The summed E-state index contributed by atoms with van der Waals surface area (Å²) in [5.41, 5.74) is 1.60. The van der Waals surface area contributed by atoms with E-state index in [2.05, 4.69) is 37.7 Å². The highest BCUT2D eigenvalue weighted by Gasteiger charge is 2.51. The van der Waals surface area contributed by atoms with Gasteiger partial charge in [0.05, 0.1) is 12.6 Å². The van der Waals surface area contributed by atoms with Crippen LogP contribution in [0.1, 0.15) is 65.7 Å². The van der Waals surface area contributed by atoms with Crippen LogP contribution in [-0.2, 0) is 4.74 Å². The lowest BCUT2D eigenvalue weighted by Gasteiger charge is -2.58. The topological polar surface area (TPSA) is 12.5 Å². The van der Waals surface area contributed by atoms with Crippen molar-refractivity contribution in [3.8, 4) is 12.3 Å². The molecule has 2 fully saturated rings. The lowest BCUT2D eigenvalue weighted by molar-refractivity contribution is -0.225. The quantitative estimate of drug-likeness (QED) is 0.555. The predicted molar refractivity (Wildman–Crippen MR) is 91.3 cm³/mol. The van der Waals surface area contributed by atoms with E-state index in [9.17, 15) is 0 Å². The number of hydrogen-bond donors (Lipinski definition) is 0. The van der Waals surface area contributed by atoms with Gasteiger partial charge in [-0.25, -0.2) is 0 Å². The molecular formula is C20H31NO. The maximum absolute atomic E-state index is 6.70. The minimum atomic E-state index is 0.105. The Morgan fingerprint density at radius 3 is 2.82 bits per heavy atom. The van der Waals surface area contributed by atoms with E-state index in [1.54, 1.807) is 0 Å². The van der Waals surface area contributed by atoms with Gasteiger partial charge in [0.2, 0.25) is 0 Å². The maximum atomic E-state index is 6.70. The number of rotatable bonds is 2. The van der Waals surface area contributed by atoms with Gasteiger partial charge >= 0.3 is 0 Å². The first-order valence-corrected chi connectivity index (χ1v) is 9.10. The van der Waals surface area contributed by atoms with Gasteiger partial charge < -0.3 is 4.74 Å². The van der Waals surface area contributed by atoms with Crippen LogP contribution < -0.4 is 0 Å². The van der Waals surface area contributed by atoms with E-state index in [1.807, 2.05) is 0 Å². The fraction of sp³-hybridized carbons (Fsp3) is 0.800. The van der Waals surface area contributed by atoms with Gasteiger partial charge in [-0.3, -0.25) is 4.90 Å². The largest absolute Gasteiger partial charge is 0.355 e. The fourth-order valence-corrected chi connectivity index (χ4v) is 4.87. The molecule has 1 heterocycles. The summed E-state index contributed by atoms with van der Waals surface area (Å²) in [6.45, 7) is 7.83. The highest BCUT2D eigenvalue weighted by atomic mass is 16.5. The van der Waals surface area contributed by atoms with Crippen LogP contribution in [0.4, 0.5) is 0 Å². The molecule has 122 valence electrons. The zero-order chi connectivity index (χ0) is 15.7. The van der Waals surface area contributed by atoms with Gasteiger partial charge in [-0.15, -0.1) is 6.42 Å². The minimum Gasteiger partial charge on any atom is -0.355 e. The van der Waals surface area contributed by atoms with E-state index in [-0.39, 0.29) is 11.8 Å². The first-order valence-electron chi connectivity index (χ1n) is 9.10. The monoisotopic (exact) mass is 301 g/mol. The molecule has 3 rings (SSSR count). The zero-order valence-electron chi connectivity index (χ0n) is 14.5. The number of nitrogens with zero attached hydrogens (tertiary/aromatic N) is 1. The van der Waals surface area contributed by atoms with Crippen molar-refractivity contribution in [1.82, 2.24) is 4.90 Å². The molecule has 0 radical (unpaired) electrons.